The molecular weight excluding hydrogens is 238 g/mol. The molecular formula is C12H17NO3S. The fourth-order valence-electron chi connectivity index (χ4n) is 2.08. The Hall–Kier alpha value is -0.910. The summed E-state index contributed by atoms with van der Waals surface area (Å²) in [5.41, 5.74) is 0. The van der Waals surface area contributed by atoms with Gasteiger partial charge in [0.15, 0.2) is 0 Å². The summed E-state index contributed by atoms with van der Waals surface area (Å²) in [4.78, 5) is 0.322. The Morgan fingerprint density at radius 3 is 2.41 bits per heavy atom. The lowest BCUT2D eigenvalue weighted by atomic mass is 9.82. The smallest absolute Gasteiger partial charge is 0.242 e. The van der Waals surface area contributed by atoms with Crippen molar-refractivity contribution < 1.29 is 13.5 Å². The molecule has 1 aromatic rings. The molecule has 0 atom stereocenters. The monoisotopic (exact) mass is 255 g/mol. The minimum atomic E-state index is -3.38. The molecule has 5 heteroatoms. The average molecular weight is 255 g/mol. The summed E-state index contributed by atoms with van der Waals surface area (Å²) >= 11 is 0. The minimum Gasteiger partial charge on any atom is -0.393 e. The van der Waals surface area contributed by atoms with Gasteiger partial charge in [0.25, 0.3) is 0 Å². The molecule has 0 amide bonds. The second kappa shape index (κ2) is 4.76. The Morgan fingerprint density at radius 2 is 1.88 bits per heavy atom. The van der Waals surface area contributed by atoms with E-state index in [0.717, 1.165) is 0 Å². The highest BCUT2D eigenvalue weighted by atomic mass is 32.2. The van der Waals surface area contributed by atoms with E-state index in [2.05, 4.69) is 0 Å². The summed E-state index contributed by atoms with van der Waals surface area (Å²) in [6, 6.07) is 8.42. The van der Waals surface area contributed by atoms with Gasteiger partial charge in [0.05, 0.1) is 11.0 Å². The number of sulfonamides is 1. The van der Waals surface area contributed by atoms with Crippen molar-refractivity contribution in [3.8, 4) is 0 Å². The molecule has 2 rings (SSSR count). The molecule has 0 aromatic heterocycles. The molecule has 1 aliphatic carbocycles. The predicted molar refractivity (Wildman–Crippen MR) is 65.0 cm³/mol. The van der Waals surface area contributed by atoms with Crippen molar-refractivity contribution in [2.45, 2.75) is 23.8 Å². The Balaban J connectivity index is 2.05. The number of nitrogens with zero attached hydrogens (tertiary/aromatic N) is 1. The highest BCUT2D eigenvalue weighted by Gasteiger charge is 2.31. The van der Waals surface area contributed by atoms with E-state index in [4.69, 9.17) is 0 Å². The van der Waals surface area contributed by atoms with Crippen LogP contribution in [-0.2, 0) is 10.0 Å². The molecule has 0 unspecified atom stereocenters. The quantitative estimate of drug-likeness (QED) is 0.876. The van der Waals surface area contributed by atoms with Crippen molar-refractivity contribution in [1.29, 1.82) is 0 Å². The van der Waals surface area contributed by atoms with Gasteiger partial charge in [0.1, 0.15) is 0 Å². The lowest BCUT2D eigenvalue weighted by Gasteiger charge is -2.34. The second-order valence-corrected chi connectivity index (χ2v) is 6.63. The van der Waals surface area contributed by atoms with Crippen LogP contribution >= 0.6 is 0 Å². The van der Waals surface area contributed by atoms with Crippen LogP contribution in [0.2, 0.25) is 0 Å². The number of aliphatic hydroxyl groups excluding tert-OH is 1. The van der Waals surface area contributed by atoms with Gasteiger partial charge in [0, 0.05) is 13.6 Å². The van der Waals surface area contributed by atoms with Crippen molar-refractivity contribution >= 4 is 10.0 Å². The van der Waals surface area contributed by atoms with Crippen LogP contribution in [0.15, 0.2) is 35.2 Å². The summed E-state index contributed by atoms with van der Waals surface area (Å²) in [5.74, 6) is 0.286. The third kappa shape index (κ3) is 2.68. The van der Waals surface area contributed by atoms with Crippen molar-refractivity contribution in [2.75, 3.05) is 13.6 Å². The van der Waals surface area contributed by atoms with Crippen molar-refractivity contribution in [3.63, 3.8) is 0 Å². The summed E-state index contributed by atoms with van der Waals surface area (Å²) in [6.07, 6.45) is 1.16. The molecule has 0 bridgehead atoms. The van der Waals surface area contributed by atoms with Crippen molar-refractivity contribution in [2.24, 2.45) is 5.92 Å². The van der Waals surface area contributed by atoms with Gasteiger partial charge in [-0.25, -0.2) is 12.7 Å². The fraction of sp³-hybridized carbons (Fsp3) is 0.500. The van der Waals surface area contributed by atoms with Crippen LogP contribution in [0.4, 0.5) is 0 Å². The van der Waals surface area contributed by atoms with Crippen LogP contribution in [0, 0.1) is 5.92 Å². The molecule has 4 nitrogen and oxygen atoms in total. The van der Waals surface area contributed by atoms with E-state index in [9.17, 15) is 13.5 Å². The molecule has 17 heavy (non-hydrogen) atoms. The Morgan fingerprint density at radius 1 is 1.29 bits per heavy atom. The van der Waals surface area contributed by atoms with Crippen molar-refractivity contribution in [3.05, 3.63) is 30.3 Å². The van der Waals surface area contributed by atoms with Crippen LogP contribution in [-0.4, -0.2) is 37.5 Å². The molecule has 1 N–H and O–H groups in total. The Labute approximate surface area is 102 Å². The number of aliphatic hydroxyl groups is 1. The van der Waals surface area contributed by atoms with Crippen LogP contribution in [0.3, 0.4) is 0 Å². The number of rotatable bonds is 4. The summed E-state index contributed by atoms with van der Waals surface area (Å²) < 4.78 is 25.7. The van der Waals surface area contributed by atoms with Gasteiger partial charge in [-0.2, -0.15) is 0 Å². The summed E-state index contributed by atoms with van der Waals surface area (Å²) in [6.45, 7) is 0.480. The van der Waals surface area contributed by atoms with Gasteiger partial charge in [-0.3, -0.25) is 0 Å². The highest BCUT2D eigenvalue weighted by molar-refractivity contribution is 7.89. The molecule has 1 saturated carbocycles. The van der Waals surface area contributed by atoms with Crippen LogP contribution in [0.5, 0.6) is 0 Å². The van der Waals surface area contributed by atoms with Gasteiger partial charge < -0.3 is 5.11 Å². The van der Waals surface area contributed by atoms with Crippen LogP contribution < -0.4 is 0 Å². The van der Waals surface area contributed by atoms with E-state index in [1.54, 1.807) is 37.4 Å². The molecule has 0 heterocycles. The minimum absolute atomic E-state index is 0.243. The highest BCUT2D eigenvalue weighted by Crippen LogP contribution is 2.29. The first-order valence-corrected chi connectivity index (χ1v) is 7.13. The first kappa shape index (κ1) is 12.5. The number of benzene rings is 1. The Bertz CT molecular complexity index is 466. The molecule has 1 aliphatic rings. The molecule has 1 fully saturated rings. The maximum atomic E-state index is 12.2. The third-order valence-corrected chi connectivity index (χ3v) is 5.02. The summed E-state index contributed by atoms with van der Waals surface area (Å²) in [5, 5.41) is 9.18. The van der Waals surface area contributed by atoms with Crippen LogP contribution in [0.25, 0.3) is 0 Å². The predicted octanol–water partition coefficient (Wildman–Crippen LogP) is 1.08. The molecule has 94 valence electrons. The first-order valence-electron chi connectivity index (χ1n) is 5.69. The first-order chi connectivity index (χ1) is 8.00. The van der Waals surface area contributed by atoms with E-state index >= 15 is 0 Å². The molecule has 1 aromatic carbocycles. The van der Waals surface area contributed by atoms with Gasteiger partial charge in [0.2, 0.25) is 10.0 Å². The number of hydrogen-bond acceptors (Lipinski definition) is 3. The van der Waals surface area contributed by atoms with Gasteiger partial charge in [-0.1, -0.05) is 18.2 Å². The van der Waals surface area contributed by atoms with E-state index in [-0.39, 0.29) is 12.0 Å². The van der Waals surface area contributed by atoms with E-state index < -0.39 is 10.0 Å². The largest absolute Gasteiger partial charge is 0.393 e. The van der Waals surface area contributed by atoms with E-state index in [0.29, 0.717) is 24.3 Å². The maximum Gasteiger partial charge on any atom is 0.242 e. The zero-order valence-electron chi connectivity index (χ0n) is 9.78. The van der Waals surface area contributed by atoms with Crippen molar-refractivity contribution in [1.82, 2.24) is 4.31 Å². The molecule has 0 spiro atoms. The SMILES string of the molecule is CN(CC1CC(O)C1)S(=O)(=O)c1ccccc1. The van der Waals surface area contributed by atoms with Gasteiger partial charge in [-0.15, -0.1) is 0 Å². The normalized spacial score (nSPS) is 24.6. The lowest BCUT2D eigenvalue weighted by molar-refractivity contribution is 0.0367. The van der Waals surface area contributed by atoms with E-state index in [1.807, 2.05) is 0 Å². The van der Waals surface area contributed by atoms with Crippen LogP contribution in [0.1, 0.15) is 12.8 Å². The molecule has 0 radical (unpaired) electrons. The Kier molecular flexibility index (Phi) is 3.51. The fourth-order valence-corrected chi connectivity index (χ4v) is 3.35. The number of hydrogen-bond donors (Lipinski definition) is 1. The molecule has 0 saturated heterocycles. The zero-order valence-corrected chi connectivity index (χ0v) is 10.6. The zero-order chi connectivity index (χ0) is 12.5. The maximum absolute atomic E-state index is 12.2. The molecule has 0 aliphatic heterocycles. The average Bonchev–Trinajstić information content (AvgIpc) is 2.28. The summed E-state index contributed by atoms with van der Waals surface area (Å²) in [7, 11) is -1.79. The third-order valence-electron chi connectivity index (χ3n) is 3.18. The topological polar surface area (TPSA) is 57.6 Å². The standard InChI is InChI=1S/C12H17NO3S/c1-13(9-10-7-11(14)8-10)17(15,16)12-5-3-2-4-6-12/h2-6,10-11,14H,7-9H2,1H3. The van der Waals surface area contributed by atoms with Gasteiger partial charge in [-0.05, 0) is 30.9 Å². The lowest BCUT2D eigenvalue weighted by Crippen LogP contribution is -2.39. The van der Waals surface area contributed by atoms with E-state index in [1.165, 1.54) is 4.31 Å². The second-order valence-electron chi connectivity index (χ2n) is 4.59. The van der Waals surface area contributed by atoms with Gasteiger partial charge >= 0.3 is 0 Å².